The molecule has 5 heteroatoms. The van der Waals surface area contributed by atoms with Gasteiger partial charge in [0.05, 0.1) is 18.9 Å². The molecule has 0 saturated carbocycles. The van der Waals surface area contributed by atoms with E-state index in [1.54, 1.807) is 4.90 Å². The van der Waals surface area contributed by atoms with Crippen molar-refractivity contribution in [3.63, 3.8) is 0 Å². The number of carboxylic acid groups (broad SMARTS) is 1. The van der Waals surface area contributed by atoms with Gasteiger partial charge in [-0.3, -0.25) is 9.59 Å². The maximum Gasteiger partial charge on any atom is 0.308 e. The summed E-state index contributed by atoms with van der Waals surface area (Å²) >= 11 is 0. The lowest BCUT2D eigenvalue weighted by Crippen LogP contribution is -2.30. The molecule has 1 N–H and O–H groups in total. The first-order valence-electron chi connectivity index (χ1n) is 8.00. The fraction of sp³-hybridized carbons (Fsp3) is 0.556. The first-order chi connectivity index (χ1) is 10.8. The van der Waals surface area contributed by atoms with E-state index in [1.165, 1.54) is 5.56 Å². The molecule has 1 fully saturated rings. The van der Waals surface area contributed by atoms with Gasteiger partial charge in [-0.1, -0.05) is 13.0 Å². The van der Waals surface area contributed by atoms with Gasteiger partial charge in [0.2, 0.25) is 5.91 Å². The van der Waals surface area contributed by atoms with Crippen molar-refractivity contribution in [2.45, 2.75) is 34.1 Å². The van der Waals surface area contributed by atoms with Gasteiger partial charge in [0.1, 0.15) is 5.75 Å². The molecule has 0 spiro atoms. The van der Waals surface area contributed by atoms with Crippen molar-refractivity contribution >= 4 is 11.9 Å². The molecule has 0 bridgehead atoms. The van der Waals surface area contributed by atoms with Crippen LogP contribution in [0.25, 0.3) is 0 Å². The van der Waals surface area contributed by atoms with Crippen LogP contribution in [-0.4, -0.2) is 41.6 Å². The number of likely N-dealkylation sites (tertiary alicyclic amines) is 1. The quantitative estimate of drug-likeness (QED) is 0.906. The topological polar surface area (TPSA) is 66.8 Å². The lowest BCUT2D eigenvalue weighted by atomic mass is 9.99. The Morgan fingerprint density at radius 3 is 2.57 bits per heavy atom. The van der Waals surface area contributed by atoms with Gasteiger partial charge in [-0.15, -0.1) is 0 Å². The number of hydrogen-bond donors (Lipinski definition) is 1. The number of hydrogen-bond acceptors (Lipinski definition) is 3. The fourth-order valence-electron chi connectivity index (χ4n) is 3.05. The second kappa shape index (κ2) is 7.02. The molecule has 1 aromatic carbocycles. The van der Waals surface area contributed by atoms with Crippen molar-refractivity contribution < 1.29 is 19.4 Å². The van der Waals surface area contributed by atoms with Crippen LogP contribution in [0.3, 0.4) is 0 Å². The first-order valence-corrected chi connectivity index (χ1v) is 8.00. The highest BCUT2D eigenvalue weighted by molar-refractivity contribution is 5.79. The zero-order valence-electron chi connectivity index (χ0n) is 14.3. The summed E-state index contributed by atoms with van der Waals surface area (Å²) < 4.78 is 5.77. The van der Waals surface area contributed by atoms with E-state index in [-0.39, 0.29) is 18.2 Å². The zero-order valence-corrected chi connectivity index (χ0v) is 14.3. The highest BCUT2D eigenvalue weighted by Crippen LogP contribution is 2.25. The number of aryl methyl sites for hydroxylation is 2. The average Bonchev–Trinajstić information content (AvgIpc) is 2.86. The SMILES string of the molecule is Cc1cc(C)c(C)c(OCCC(=O)N2C[C@@H](C)[C@H](C(=O)O)C2)c1. The molecule has 1 aliphatic rings. The summed E-state index contributed by atoms with van der Waals surface area (Å²) in [5.74, 6) is -0.508. The summed E-state index contributed by atoms with van der Waals surface area (Å²) in [4.78, 5) is 25.0. The Bertz CT molecular complexity index is 611. The minimum Gasteiger partial charge on any atom is -0.493 e. The van der Waals surface area contributed by atoms with E-state index in [1.807, 2.05) is 33.8 Å². The summed E-state index contributed by atoms with van der Waals surface area (Å²) in [5.41, 5.74) is 3.39. The highest BCUT2D eigenvalue weighted by Gasteiger charge is 2.36. The number of carbonyl (C=O) groups is 2. The summed E-state index contributed by atoms with van der Waals surface area (Å²) in [6, 6.07) is 4.08. The standard InChI is InChI=1S/C18H25NO4/c1-11-7-12(2)14(4)16(8-11)23-6-5-17(20)19-9-13(3)15(10-19)18(21)22/h7-8,13,15H,5-6,9-10H2,1-4H3,(H,21,22)/t13-,15-/m1/s1. The monoisotopic (exact) mass is 319 g/mol. The van der Waals surface area contributed by atoms with Crippen molar-refractivity contribution in [2.75, 3.05) is 19.7 Å². The van der Waals surface area contributed by atoms with Crippen LogP contribution in [0.5, 0.6) is 5.75 Å². The largest absolute Gasteiger partial charge is 0.493 e. The van der Waals surface area contributed by atoms with Crippen LogP contribution in [0, 0.1) is 32.6 Å². The maximum atomic E-state index is 12.2. The van der Waals surface area contributed by atoms with Crippen LogP contribution in [0.4, 0.5) is 0 Å². The number of rotatable bonds is 5. The van der Waals surface area contributed by atoms with Crippen LogP contribution >= 0.6 is 0 Å². The van der Waals surface area contributed by atoms with E-state index in [0.717, 1.165) is 16.9 Å². The molecule has 1 heterocycles. The Hall–Kier alpha value is -2.04. The summed E-state index contributed by atoms with van der Waals surface area (Å²) in [7, 11) is 0. The van der Waals surface area contributed by atoms with Crippen LogP contribution in [-0.2, 0) is 9.59 Å². The second-order valence-corrected chi connectivity index (χ2v) is 6.52. The predicted molar refractivity (Wildman–Crippen MR) is 87.6 cm³/mol. The Balaban J connectivity index is 1.88. The predicted octanol–water partition coefficient (Wildman–Crippen LogP) is 2.56. The van der Waals surface area contributed by atoms with Crippen LogP contribution in [0.1, 0.15) is 30.0 Å². The van der Waals surface area contributed by atoms with Gasteiger partial charge in [0.25, 0.3) is 0 Å². The molecule has 5 nitrogen and oxygen atoms in total. The van der Waals surface area contributed by atoms with Gasteiger partial charge in [0.15, 0.2) is 0 Å². The Morgan fingerprint density at radius 2 is 1.96 bits per heavy atom. The molecule has 0 unspecified atom stereocenters. The second-order valence-electron chi connectivity index (χ2n) is 6.52. The van der Waals surface area contributed by atoms with Gasteiger partial charge in [-0.2, -0.15) is 0 Å². The number of carbonyl (C=O) groups excluding carboxylic acids is 1. The number of ether oxygens (including phenoxy) is 1. The lowest BCUT2D eigenvalue weighted by Gasteiger charge is -2.17. The minimum atomic E-state index is -0.824. The Morgan fingerprint density at radius 1 is 1.26 bits per heavy atom. The van der Waals surface area contributed by atoms with Gasteiger partial charge >= 0.3 is 5.97 Å². The van der Waals surface area contributed by atoms with Crippen LogP contribution < -0.4 is 4.74 Å². The van der Waals surface area contributed by atoms with Gasteiger partial charge in [-0.05, 0) is 49.4 Å². The number of carboxylic acids is 1. The molecule has 126 valence electrons. The molecule has 0 aromatic heterocycles. The van der Waals surface area contributed by atoms with E-state index in [0.29, 0.717) is 19.7 Å². The van der Waals surface area contributed by atoms with Crippen molar-refractivity contribution in [1.29, 1.82) is 0 Å². The molecular formula is C18H25NO4. The molecule has 23 heavy (non-hydrogen) atoms. The van der Waals surface area contributed by atoms with Crippen molar-refractivity contribution in [3.05, 3.63) is 28.8 Å². The van der Waals surface area contributed by atoms with Crippen molar-refractivity contribution in [1.82, 2.24) is 4.90 Å². The zero-order chi connectivity index (χ0) is 17.1. The van der Waals surface area contributed by atoms with E-state index in [4.69, 9.17) is 9.84 Å². The third-order valence-electron chi connectivity index (χ3n) is 4.62. The summed E-state index contributed by atoms with van der Waals surface area (Å²) in [5, 5.41) is 9.13. The molecule has 2 atom stereocenters. The average molecular weight is 319 g/mol. The van der Waals surface area contributed by atoms with E-state index in [2.05, 4.69) is 6.07 Å². The number of benzene rings is 1. The van der Waals surface area contributed by atoms with Crippen LogP contribution in [0.2, 0.25) is 0 Å². The minimum absolute atomic E-state index is 0.000893. The molecule has 1 aromatic rings. The molecule has 2 rings (SSSR count). The Labute approximate surface area is 137 Å². The van der Waals surface area contributed by atoms with E-state index < -0.39 is 11.9 Å². The number of aliphatic carboxylic acids is 1. The summed E-state index contributed by atoms with van der Waals surface area (Å²) in [6.07, 6.45) is 0.269. The molecule has 1 saturated heterocycles. The lowest BCUT2D eigenvalue weighted by molar-refractivity contribution is -0.142. The van der Waals surface area contributed by atoms with Gasteiger partial charge in [-0.25, -0.2) is 0 Å². The normalized spacial score (nSPS) is 20.6. The smallest absolute Gasteiger partial charge is 0.308 e. The van der Waals surface area contributed by atoms with E-state index in [9.17, 15) is 9.59 Å². The Kier molecular flexibility index (Phi) is 5.29. The van der Waals surface area contributed by atoms with Crippen LogP contribution in [0.15, 0.2) is 12.1 Å². The third kappa shape index (κ3) is 4.03. The first kappa shape index (κ1) is 17.3. The molecular weight excluding hydrogens is 294 g/mol. The van der Waals surface area contributed by atoms with Gasteiger partial charge < -0.3 is 14.7 Å². The molecule has 1 amide bonds. The highest BCUT2D eigenvalue weighted by atomic mass is 16.5. The molecule has 0 radical (unpaired) electrons. The van der Waals surface area contributed by atoms with E-state index >= 15 is 0 Å². The fourth-order valence-corrected chi connectivity index (χ4v) is 3.05. The molecule has 0 aliphatic carbocycles. The number of nitrogens with zero attached hydrogens (tertiary/aromatic N) is 1. The maximum absolute atomic E-state index is 12.2. The summed E-state index contributed by atoms with van der Waals surface area (Å²) in [6.45, 7) is 9.06. The number of amides is 1. The van der Waals surface area contributed by atoms with Gasteiger partial charge in [0, 0.05) is 13.1 Å². The molecule has 1 aliphatic heterocycles. The van der Waals surface area contributed by atoms with Crippen molar-refractivity contribution in [3.8, 4) is 5.75 Å². The van der Waals surface area contributed by atoms with Crippen molar-refractivity contribution in [2.24, 2.45) is 11.8 Å². The third-order valence-corrected chi connectivity index (χ3v) is 4.62.